The maximum atomic E-state index is 11.8. The van der Waals surface area contributed by atoms with Crippen LogP contribution in [0.5, 0.6) is 0 Å². The molecule has 0 aromatic heterocycles. The zero-order valence-corrected chi connectivity index (χ0v) is 13.5. The standard InChI is InChI=1S/C14H12ClIN2O2/c1-20-14(19)9-3-2-4-11(17)13(9)18-12-6-5-8(16)7-10(12)15/h2-7,18H,17H2,1H3. The van der Waals surface area contributed by atoms with Gasteiger partial charge < -0.3 is 15.8 Å². The fourth-order valence-corrected chi connectivity index (χ4v) is 2.62. The summed E-state index contributed by atoms with van der Waals surface area (Å²) in [6.45, 7) is 0. The number of hydrogen-bond donors (Lipinski definition) is 2. The number of nitrogen functional groups attached to an aromatic ring is 1. The quantitative estimate of drug-likeness (QED) is 0.462. The van der Waals surface area contributed by atoms with Gasteiger partial charge in [0.05, 0.1) is 34.8 Å². The zero-order chi connectivity index (χ0) is 14.7. The number of anilines is 3. The topological polar surface area (TPSA) is 64.3 Å². The summed E-state index contributed by atoms with van der Waals surface area (Å²) in [6.07, 6.45) is 0. The number of para-hydroxylation sites is 1. The lowest BCUT2D eigenvalue weighted by molar-refractivity contribution is 0.0602. The Labute approximate surface area is 135 Å². The van der Waals surface area contributed by atoms with E-state index in [2.05, 4.69) is 27.9 Å². The molecule has 0 aliphatic heterocycles. The van der Waals surface area contributed by atoms with Gasteiger partial charge in [-0.3, -0.25) is 0 Å². The van der Waals surface area contributed by atoms with Gasteiger partial charge in [-0.15, -0.1) is 0 Å². The molecule has 2 aromatic rings. The van der Waals surface area contributed by atoms with Gasteiger partial charge in [0.2, 0.25) is 0 Å². The lowest BCUT2D eigenvalue weighted by Crippen LogP contribution is -2.08. The summed E-state index contributed by atoms with van der Waals surface area (Å²) in [6, 6.07) is 10.6. The van der Waals surface area contributed by atoms with Crippen molar-refractivity contribution in [1.29, 1.82) is 0 Å². The molecule has 0 bridgehead atoms. The summed E-state index contributed by atoms with van der Waals surface area (Å²) in [5.74, 6) is -0.457. The van der Waals surface area contributed by atoms with Crippen LogP contribution in [0.15, 0.2) is 36.4 Å². The van der Waals surface area contributed by atoms with Crippen molar-refractivity contribution in [2.75, 3.05) is 18.2 Å². The van der Waals surface area contributed by atoms with E-state index in [1.807, 2.05) is 18.2 Å². The van der Waals surface area contributed by atoms with E-state index in [1.54, 1.807) is 18.2 Å². The number of carbonyl (C=O) groups is 1. The van der Waals surface area contributed by atoms with Crippen molar-refractivity contribution in [2.45, 2.75) is 0 Å². The summed E-state index contributed by atoms with van der Waals surface area (Å²) in [7, 11) is 1.33. The number of nitrogens with two attached hydrogens (primary N) is 1. The second-order valence-corrected chi connectivity index (χ2v) is 5.66. The highest BCUT2D eigenvalue weighted by molar-refractivity contribution is 14.1. The Morgan fingerprint density at radius 2 is 2.10 bits per heavy atom. The summed E-state index contributed by atoms with van der Waals surface area (Å²) in [4.78, 5) is 11.8. The lowest BCUT2D eigenvalue weighted by atomic mass is 10.1. The fourth-order valence-electron chi connectivity index (χ4n) is 1.72. The van der Waals surface area contributed by atoms with Crippen LogP contribution in [0, 0.1) is 3.57 Å². The minimum absolute atomic E-state index is 0.363. The highest BCUT2D eigenvalue weighted by Gasteiger charge is 2.15. The van der Waals surface area contributed by atoms with E-state index < -0.39 is 5.97 Å². The molecule has 0 unspecified atom stereocenters. The van der Waals surface area contributed by atoms with Crippen molar-refractivity contribution in [3.05, 3.63) is 50.6 Å². The molecule has 3 N–H and O–H groups in total. The number of halogens is 2. The van der Waals surface area contributed by atoms with Gasteiger partial charge in [0.1, 0.15) is 0 Å². The molecule has 0 amide bonds. The third-order valence-electron chi connectivity index (χ3n) is 2.69. The van der Waals surface area contributed by atoms with Crippen molar-refractivity contribution in [3.8, 4) is 0 Å². The van der Waals surface area contributed by atoms with Gasteiger partial charge in [0, 0.05) is 3.57 Å². The number of benzene rings is 2. The number of esters is 1. The molecule has 0 radical (unpaired) electrons. The summed E-state index contributed by atoms with van der Waals surface area (Å²) >= 11 is 8.35. The second kappa shape index (κ2) is 6.32. The van der Waals surface area contributed by atoms with Crippen LogP contribution in [-0.4, -0.2) is 13.1 Å². The number of hydrogen-bond acceptors (Lipinski definition) is 4. The first-order valence-electron chi connectivity index (χ1n) is 5.72. The highest BCUT2D eigenvalue weighted by Crippen LogP contribution is 2.32. The minimum Gasteiger partial charge on any atom is -0.465 e. The predicted molar refractivity (Wildman–Crippen MR) is 89.6 cm³/mol. The molecule has 0 fully saturated rings. The second-order valence-electron chi connectivity index (χ2n) is 4.01. The van der Waals surface area contributed by atoms with E-state index in [-0.39, 0.29) is 0 Å². The van der Waals surface area contributed by atoms with Crippen molar-refractivity contribution in [2.24, 2.45) is 0 Å². The molecular weight excluding hydrogens is 391 g/mol. The molecule has 0 aliphatic rings. The van der Waals surface area contributed by atoms with Crippen molar-refractivity contribution in [3.63, 3.8) is 0 Å². The van der Waals surface area contributed by atoms with Crippen LogP contribution in [0.1, 0.15) is 10.4 Å². The van der Waals surface area contributed by atoms with Crippen LogP contribution >= 0.6 is 34.2 Å². The van der Waals surface area contributed by atoms with Crippen molar-refractivity contribution < 1.29 is 9.53 Å². The number of nitrogens with one attached hydrogen (secondary N) is 1. The van der Waals surface area contributed by atoms with E-state index in [4.69, 9.17) is 22.1 Å². The van der Waals surface area contributed by atoms with Crippen molar-refractivity contribution >= 4 is 57.2 Å². The Kier molecular flexibility index (Phi) is 4.72. The van der Waals surface area contributed by atoms with Crippen LogP contribution < -0.4 is 11.1 Å². The Morgan fingerprint density at radius 1 is 1.35 bits per heavy atom. The maximum absolute atomic E-state index is 11.8. The zero-order valence-electron chi connectivity index (χ0n) is 10.6. The molecule has 0 atom stereocenters. The maximum Gasteiger partial charge on any atom is 0.340 e. The van der Waals surface area contributed by atoms with Crippen molar-refractivity contribution in [1.82, 2.24) is 0 Å². The van der Waals surface area contributed by atoms with Crippen LogP contribution in [0.4, 0.5) is 17.1 Å². The molecule has 0 saturated heterocycles. The first-order valence-corrected chi connectivity index (χ1v) is 7.17. The Morgan fingerprint density at radius 3 is 2.75 bits per heavy atom. The predicted octanol–water partition coefficient (Wildman–Crippen LogP) is 4.06. The third-order valence-corrected chi connectivity index (χ3v) is 3.68. The first kappa shape index (κ1) is 14.9. The SMILES string of the molecule is COC(=O)c1cccc(N)c1Nc1ccc(I)cc1Cl. The van der Waals surface area contributed by atoms with E-state index in [0.717, 1.165) is 3.57 Å². The van der Waals surface area contributed by atoms with Gasteiger partial charge in [0.15, 0.2) is 0 Å². The molecule has 6 heteroatoms. The number of carbonyl (C=O) groups excluding carboxylic acids is 1. The molecule has 2 aromatic carbocycles. The van der Waals surface area contributed by atoms with Gasteiger partial charge in [-0.1, -0.05) is 17.7 Å². The normalized spacial score (nSPS) is 10.2. The fraction of sp³-hybridized carbons (Fsp3) is 0.0714. The molecule has 4 nitrogen and oxygen atoms in total. The molecule has 104 valence electrons. The minimum atomic E-state index is -0.457. The van der Waals surface area contributed by atoms with Gasteiger partial charge in [-0.2, -0.15) is 0 Å². The van der Waals surface area contributed by atoms with Gasteiger partial charge >= 0.3 is 5.97 Å². The monoisotopic (exact) mass is 402 g/mol. The van der Waals surface area contributed by atoms with E-state index in [9.17, 15) is 4.79 Å². The number of methoxy groups -OCH3 is 1. The van der Waals surface area contributed by atoms with Crippen LogP contribution in [0.2, 0.25) is 5.02 Å². The number of ether oxygens (including phenoxy) is 1. The van der Waals surface area contributed by atoms with E-state index in [1.165, 1.54) is 7.11 Å². The van der Waals surface area contributed by atoms with Crippen LogP contribution in [-0.2, 0) is 4.74 Å². The van der Waals surface area contributed by atoms with E-state index in [0.29, 0.717) is 27.6 Å². The largest absolute Gasteiger partial charge is 0.465 e. The van der Waals surface area contributed by atoms with Gasteiger partial charge in [-0.05, 0) is 52.9 Å². The Balaban J connectivity index is 2.45. The molecule has 0 spiro atoms. The van der Waals surface area contributed by atoms with E-state index >= 15 is 0 Å². The van der Waals surface area contributed by atoms with Gasteiger partial charge in [0.25, 0.3) is 0 Å². The Bertz CT molecular complexity index is 662. The summed E-state index contributed by atoms with van der Waals surface area (Å²) < 4.78 is 5.77. The van der Waals surface area contributed by atoms with Gasteiger partial charge in [-0.25, -0.2) is 4.79 Å². The highest BCUT2D eigenvalue weighted by atomic mass is 127. The van der Waals surface area contributed by atoms with Crippen LogP contribution in [0.25, 0.3) is 0 Å². The Hall–Kier alpha value is -1.47. The molecule has 0 saturated carbocycles. The molecular formula is C14H12ClIN2O2. The molecule has 0 aliphatic carbocycles. The van der Waals surface area contributed by atoms with Crippen LogP contribution in [0.3, 0.4) is 0 Å². The summed E-state index contributed by atoms with van der Waals surface area (Å²) in [5.41, 5.74) is 7.90. The average Bonchev–Trinajstić information content (AvgIpc) is 2.42. The summed E-state index contributed by atoms with van der Waals surface area (Å²) in [5, 5.41) is 3.64. The molecule has 20 heavy (non-hydrogen) atoms. The molecule has 2 rings (SSSR count). The third kappa shape index (κ3) is 3.16. The average molecular weight is 403 g/mol. The lowest BCUT2D eigenvalue weighted by Gasteiger charge is -2.14. The molecule has 0 heterocycles. The smallest absolute Gasteiger partial charge is 0.340 e. The number of rotatable bonds is 3. The first-order chi connectivity index (χ1) is 9.52.